The molecule has 0 amide bonds. The summed E-state index contributed by atoms with van der Waals surface area (Å²) in [5, 5.41) is 28.4. The van der Waals surface area contributed by atoms with Gasteiger partial charge in [0.2, 0.25) is 0 Å². The molecule has 0 radical (unpaired) electrons. The number of anilines is 1. The molecule has 0 bridgehead atoms. The van der Waals surface area contributed by atoms with Crippen LogP contribution in [0.3, 0.4) is 0 Å². The van der Waals surface area contributed by atoms with E-state index in [2.05, 4.69) is 25.7 Å². The molecule has 8 nitrogen and oxygen atoms in total. The maximum atomic E-state index is 11.0. The van der Waals surface area contributed by atoms with Crippen molar-refractivity contribution in [3.05, 3.63) is 39.9 Å². The van der Waals surface area contributed by atoms with Gasteiger partial charge in [-0.2, -0.15) is 15.2 Å². The van der Waals surface area contributed by atoms with Crippen molar-refractivity contribution in [1.82, 2.24) is 15.2 Å². The van der Waals surface area contributed by atoms with Crippen LogP contribution in [0.2, 0.25) is 0 Å². The Hall–Kier alpha value is -2.90. The molecule has 1 heterocycles. The Morgan fingerprint density at radius 1 is 1.42 bits per heavy atom. The molecule has 0 fully saturated rings. The Labute approximate surface area is 107 Å². The average Bonchev–Trinajstić information content (AvgIpc) is 2.36. The zero-order valence-electron chi connectivity index (χ0n) is 9.95. The van der Waals surface area contributed by atoms with E-state index in [9.17, 15) is 9.90 Å². The number of aryl methyl sites for hydroxylation is 1. The van der Waals surface area contributed by atoms with E-state index in [4.69, 9.17) is 5.11 Å². The highest BCUT2D eigenvalue weighted by Crippen LogP contribution is 2.20. The zero-order valence-corrected chi connectivity index (χ0v) is 9.95. The van der Waals surface area contributed by atoms with Gasteiger partial charge in [-0.25, -0.2) is 9.89 Å². The summed E-state index contributed by atoms with van der Waals surface area (Å²) >= 11 is 0. The fraction of sp³-hybridized carbons (Fsp3) is 0.0909. The van der Waals surface area contributed by atoms with Gasteiger partial charge in [-0.1, -0.05) is 0 Å². The first kappa shape index (κ1) is 12.6. The fourth-order valence-electron chi connectivity index (χ4n) is 1.30. The predicted octanol–water partition coefficient (Wildman–Crippen LogP) is 0.331. The predicted molar refractivity (Wildman–Crippen MR) is 68.4 cm³/mol. The molecule has 0 aliphatic carbocycles. The van der Waals surface area contributed by atoms with Crippen LogP contribution >= 0.6 is 0 Å². The summed E-state index contributed by atoms with van der Waals surface area (Å²) in [4.78, 5) is 14.6. The van der Waals surface area contributed by atoms with E-state index >= 15 is 0 Å². The van der Waals surface area contributed by atoms with Crippen LogP contribution in [0.5, 0.6) is 11.5 Å². The molecular formula is C11H11N5O3. The lowest BCUT2D eigenvalue weighted by Gasteiger charge is -2.01. The minimum atomic E-state index is -0.587. The Morgan fingerprint density at radius 3 is 2.95 bits per heavy atom. The largest absolute Gasteiger partial charge is 0.508 e. The average molecular weight is 261 g/mol. The molecule has 0 atom stereocenters. The number of phenols is 2. The van der Waals surface area contributed by atoms with Gasteiger partial charge < -0.3 is 10.2 Å². The van der Waals surface area contributed by atoms with Crippen LogP contribution < -0.4 is 11.1 Å². The molecule has 2 aromatic rings. The van der Waals surface area contributed by atoms with Crippen molar-refractivity contribution in [1.29, 1.82) is 0 Å². The number of hydrogen-bond acceptors (Lipinski definition) is 7. The third kappa shape index (κ3) is 3.06. The lowest BCUT2D eigenvalue weighted by molar-refractivity contribution is 0.450. The van der Waals surface area contributed by atoms with Crippen molar-refractivity contribution >= 4 is 12.0 Å². The first-order valence-electron chi connectivity index (χ1n) is 5.30. The molecule has 0 saturated carbocycles. The van der Waals surface area contributed by atoms with Crippen molar-refractivity contribution in [2.24, 2.45) is 5.10 Å². The maximum absolute atomic E-state index is 11.0. The molecule has 1 aromatic carbocycles. The van der Waals surface area contributed by atoms with Gasteiger partial charge in [0, 0.05) is 11.6 Å². The third-order valence-electron chi connectivity index (χ3n) is 2.26. The molecule has 0 aliphatic heterocycles. The Bertz CT molecular complexity index is 680. The van der Waals surface area contributed by atoms with Gasteiger partial charge in [-0.05, 0) is 19.1 Å². The number of phenolic OH excluding ortho intramolecular Hbond substituents is 2. The van der Waals surface area contributed by atoms with Gasteiger partial charge in [-0.15, -0.1) is 0 Å². The van der Waals surface area contributed by atoms with Crippen LogP contribution in [0.1, 0.15) is 11.3 Å². The van der Waals surface area contributed by atoms with Crippen LogP contribution in [0.25, 0.3) is 0 Å². The van der Waals surface area contributed by atoms with Crippen molar-refractivity contribution in [3.63, 3.8) is 0 Å². The summed E-state index contributed by atoms with van der Waals surface area (Å²) in [7, 11) is 0. The highest BCUT2D eigenvalue weighted by molar-refractivity contribution is 5.84. The van der Waals surface area contributed by atoms with E-state index in [1.807, 2.05) is 0 Å². The number of nitrogens with zero attached hydrogens (tertiary/aromatic N) is 3. The first-order chi connectivity index (χ1) is 9.06. The molecule has 0 unspecified atom stereocenters. The molecule has 4 N–H and O–H groups in total. The Morgan fingerprint density at radius 2 is 2.21 bits per heavy atom. The summed E-state index contributed by atoms with van der Waals surface area (Å²) in [5.41, 5.74) is 2.84. The molecule has 8 heteroatoms. The van der Waals surface area contributed by atoms with Gasteiger partial charge in [0.1, 0.15) is 17.2 Å². The number of hydrazone groups is 1. The molecule has 98 valence electrons. The summed E-state index contributed by atoms with van der Waals surface area (Å²) in [6.45, 7) is 1.65. The van der Waals surface area contributed by atoms with E-state index in [1.54, 1.807) is 6.92 Å². The number of aromatic nitrogens is 3. The molecular weight excluding hydrogens is 250 g/mol. The van der Waals surface area contributed by atoms with E-state index in [0.717, 1.165) is 0 Å². The molecule has 0 aliphatic rings. The van der Waals surface area contributed by atoms with Gasteiger partial charge in [0.15, 0.2) is 5.82 Å². The van der Waals surface area contributed by atoms with Crippen molar-refractivity contribution in [2.75, 3.05) is 5.43 Å². The van der Waals surface area contributed by atoms with Crippen molar-refractivity contribution < 1.29 is 10.2 Å². The molecule has 0 spiro atoms. The van der Waals surface area contributed by atoms with Crippen molar-refractivity contribution in [2.45, 2.75) is 6.92 Å². The van der Waals surface area contributed by atoms with E-state index in [-0.39, 0.29) is 17.3 Å². The van der Waals surface area contributed by atoms with E-state index in [0.29, 0.717) is 11.3 Å². The lowest BCUT2D eigenvalue weighted by Crippen LogP contribution is -2.15. The maximum Gasteiger partial charge on any atom is 0.363 e. The van der Waals surface area contributed by atoms with Gasteiger partial charge in [0.05, 0.1) is 6.21 Å². The highest BCUT2D eigenvalue weighted by atomic mass is 16.3. The fourth-order valence-corrected chi connectivity index (χ4v) is 1.30. The van der Waals surface area contributed by atoms with Crippen LogP contribution in [0.15, 0.2) is 28.1 Å². The minimum Gasteiger partial charge on any atom is -0.508 e. The summed E-state index contributed by atoms with van der Waals surface area (Å²) in [6, 6.07) is 4.10. The number of aromatic amines is 1. The second-order valence-corrected chi connectivity index (χ2v) is 3.69. The van der Waals surface area contributed by atoms with Crippen LogP contribution in [-0.2, 0) is 0 Å². The van der Waals surface area contributed by atoms with Crippen LogP contribution in [-0.4, -0.2) is 31.6 Å². The van der Waals surface area contributed by atoms with E-state index in [1.165, 1.54) is 24.4 Å². The highest BCUT2D eigenvalue weighted by Gasteiger charge is 2.01. The standard InChI is InChI=1S/C11H11N5O3/c1-6-10(13-11(19)16-14-6)15-12-5-7-2-3-8(17)4-9(7)18/h2-5,17-18H,1H3,(H2,13,15,16,19)/b12-5-. The smallest absolute Gasteiger partial charge is 0.363 e. The number of rotatable bonds is 3. The SMILES string of the molecule is Cc1n[nH]c(=O)nc1N/N=C\c1ccc(O)cc1O. The minimum absolute atomic E-state index is 0.0427. The van der Waals surface area contributed by atoms with E-state index < -0.39 is 5.69 Å². The van der Waals surface area contributed by atoms with Gasteiger partial charge >= 0.3 is 5.69 Å². The quantitative estimate of drug-likeness (QED) is 0.466. The molecule has 1 aromatic heterocycles. The zero-order chi connectivity index (χ0) is 13.8. The van der Waals surface area contributed by atoms with Crippen molar-refractivity contribution in [3.8, 4) is 11.5 Å². The number of nitrogens with one attached hydrogen (secondary N) is 2. The first-order valence-corrected chi connectivity index (χ1v) is 5.30. The lowest BCUT2D eigenvalue weighted by atomic mass is 10.2. The summed E-state index contributed by atoms with van der Waals surface area (Å²) in [6.07, 6.45) is 1.33. The normalized spacial score (nSPS) is 10.8. The number of hydrogen-bond donors (Lipinski definition) is 4. The summed E-state index contributed by atoms with van der Waals surface area (Å²) < 4.78 is 0. The number of H-pyrrole nitrogens is 1. The molecule has 0 saturated heterocycles. The van der Waals surface area contributed by atoms with Gasteiger partial charge in [-0.3, -0.25) is 5.43 Å². The van der Waals surface area contributed by atoms with Gasteiger partial charge in [0.25, 0.3) is 0 Å². The van der Waals surface area contributed by atoms with Crippen LogP contribution in [0.4, 0.5) is 5.82 Å². The number of benzene rings is 1. The topological polar surface area (TPSA) is 123 Å². The second kappa shape index (κ2) is 5.17. The molecule has 19 heavy (non-hydrogen) atoms. The molecule has 2 rings (SSSR count). The second-order valence-electron chi connectivity index (χ2n) is 3.69. The van der Waals surface area contributed by atoms with Crippen LogP contribution in [0, 0.1) is 6.92 Å². The monoisotopic (exact) mass is 261 g/mol. The summed E-state index contributed by atoms with van der Waals surface area (Å²) in [5.74, 6) is 0.0662. The number of aromatic hydroxyl groups is 2. The Balaban J connectivity index is 2.15. The Kier molecular flexibility index (Phi) is 3.42. The third-order valence-corrected chi connectivity index (χ3v) is 2.26.